The minimum Gasteiger partial charge on any atom is -0.355 e. The number of aromatic nitrogens is 1. The van der Waals surface area contributed by atoms with Gasteiger partial charge in [-0.1, -0.05) is 6.07 Å². The summed E-state index contributed by atoms with van der Waals surface area (Å²) < 4.78 is 0. The van der Waals surface area contributed by atoms with Crippen LogP contribution < -0.4 is 16.2 Å². The minimum absolute atomic E-state index is 0.0448. The van der Waals surface area contributed by atoms with Crippen molar-refractivity contribution in [3.63, 3.8) is 0 Å². The number of carbonyl (C=O) groups excluding carboxylic acids is 1. The number of aryl methyl sites for hydroxylation is 1. The monoisotopic (exact) mass is 275 g/mol. The van der Waals surface area contributed by atoms with Crippen molar-refractivity contribution in [3.05, 3.63) is 33.7 Å². The van der Waals surface area contributed by atoms with E-state index in [2.05, 4.69) is 15.6 Å². The standard InChI is InChI=1S/C15H21N3O2/c19-14-8-7-10-11(5-3-6-12(10)18-14)17-13-4-1-2-9-16-15(13)20/h7-8,11,13,17H,1-6,9H2,(H,16,20)(H,18,19). The predicted octanol–water partition coefficient (Wildman–Crippen LogP) is 1.01. The van der Waals surface area contributed by atoms with Gasteiger partial charge in [0.05, 0.1) is 6.04 Å². The average molecular weight is 275 g/mol. The number of hydrogen-bond acceptors (Lipinski definition) is 3. The Hall–Kier alpha value is -1.62. The fraction of sp³-hybridized carbons (Fsp3) is 0.600. The predicted molar refractivity (Wildman–Crippen MR) is 76.5 cm³/mol. The molecule has 0 aromatic carbocycles. The van der Waals surface area contributed by atoms with Crippen LogP contribution in [0.5, 0.6) is 0 Å². The number of carbonyl (C=O) groups is 1. The maximum absolute atomic E-state index is 12.0. The average Bonchev–Trinajstić information content (AvgIpc) is 2.64. The summed E-state index contributed by atoms with van der Waals surface area (Å²) in [6.07, 6.45) is 5.99. The van der Waals surface area contributed by atoms with Gasteiger partial charge in [0.25, 0.3) is 0 Å². The summed E-state index contributed by atoms with van der Waals surface area (Å²) in [7, 11) is 0. The topological polar surface area (TPSA) is 74.0 Å². The van der Waals surface area contributed by atoms with Crippen LogP contribution in [0.2, 0.25) is 0 Å². The third-order valence-electron chi connectivity index (χ3n) is 4.27. The van der Waals surface area contributed by atoms with Crippen LogP contribution in [0, 0.1) is 0 Å². The van der Waals surface area contributed by atoms with E-state index in [-0.39, 0.29) is 23.6 Å². The van der Waals surface area contributed by atoms with Gasteiger partial charge < -0.3 is 10.3 Å². The summed E-state index contributed by atoms with van der Waals surface area (Å²) >= 11 is 0. The van der Waals surface area contributed by atoms with Gasteiger partial charge in [0.15, 0.2) is 0 Å². The van der Waals surface area contributed by atoms with E-state index < -0.39 is 0 Å². The summed E-state index contributed by atoms with van der Waals surface area (Å²) in [5.41, 5.74) is 2.12. The van der Waals surface area contributed by atoms with Crippen molar-refractivity contribution in [1.29, 1.82) is 0 Å². The van der Waals surface area contributed by atoms with E-state index >= 15 is 0 Å². The van der Waals surface area contributed by atoms with Crippen molar-refractivity contribution in [2.75, 3.05) is 6.54 Å². The third kappa shape index (κ3) is 2.77. The molecule has 1 amide bonds. The number of hydrogen-bond donors (Lipinski definition) is 3. The number of pyridine rings is 1. The first-order chi connectivity index (χ1) is 9.74. The van der Waals surface area contributed by atoms with Crippen molar-refractivity contribution in [2.45, 2.75) is 50.6 Å². The second-order valence-electron chi connectivity index (χ2n) is 5.71. The molecule has 1 aliphatic carbocycles. The molecule has 0 spiro atoms. The Labute approximate surface area is 118 Å². The molecular formula is C15H21N3O2. The lowest BCUT2D eigenvalue weighted by molar-refractivity contribution is -0.123. The zero-order valence-corrected chi connectivity index (χ0v) is 11.6. The number of amides is 1. The summed E-state index contributed by atoms with van der Waals surface area (Å²) in [6.45, 7) is 0.783. The van der Waals surface area contributed by atoms with E-state index in [1.54, 1.807) is 6.07 Å². The quantitative estimate of drug-likeness (QED) is 0.754. The van der Waals surface area contributed by atoms with E-state index in [1.807, 2.05) is 6.07 Å². The zero-order valence-electron chi connectivity index (χ0n) is 11.6. The lowest BCUT2D eigenvalue weighted by Gasteiger charge is -2.29. The minimum atomic E-state index is -0.111. The van der Waals surface area contributed by atoms with E-state index in [1.165, 1.54) is 0 Å². The molecule has 0 bridgehead atoms. The first kappa shape index (κ1) is 13.4. The SMILES string of the molecule is O=C1NCCCCC1NC1CCCc2[nH]c(=O)ccc21. The molecule has 0 saturated carbocycles. The van der Waals surface area contributed by atoms with Crippen molar-refractivity contribution in [1.82, 2.24) is 15.6 Å². The Bertz CT molecular complexity index is 552. The molecule has 5 nitrogen and oxygen atoms in total. The van der Waals surface area contributed by atoms with Gasteiger partial charge >= 0.3 is 0 Å². The molecule has 2 atom stereocenters. The fourth-order valence-electron chi connectivity index (χ4n) is 3.21. The fourth-order valence-corrected chi connectivity index (χ4v) is 3.21. The first-order valence-corrected chi connectivity index (χ1v) is 7.50. The Morgan fingerprint density at radius 1 is 1.05 bits per heavy atom. The van der Waals surface area contributed by atoms with Crippen LogP contribution in [-0.2, 0) is 11.2 Å². The molecule has 1 saturated heterocycles. The second kappa shape index (κ2) is 5.79. The van der Waals surface area contributed by atoms with Gasteiger partial charge in [-0.05, 0) is 44.1 Å². The Balaban J connectivity index is 1.78. The Kier molecular flexibility index (Phi) is 3.87. The van der Waals surface area contributed by atoms with E-state index in [4.69, 9.17) is 0 Å². The van der Waals surface area contributed by atoms with Crippen molar-refractivity contribution in [3.8, 4) is 0 Å². The second-order valence-corrected chi connectivity index (χ2v) is 5.71. The highest BCUT2D eigenvalue weighted by Crippen LogP contribution is 2.28. The molecule has 1 aliphatic heterocycles. The molecule has 108 valence electrons. The van der Waals surface area contributed by atoms with Gasteiger partial charge in [-0.15, -0.1) is 0 Å². The summed E-state index contributed by atoms with van der Waals surface area (Å²) in [6, 6.07) is 3.54. The van der Waals surface area contributed by atoms with Crippen LogP contribution in [-0.4, -0.2) is 23.5 Å². The number of H-pyrrole nitrogens is 1. The van der Waals surface area contributed by atoms with Crippen LogP contribution in [0.4, 0.5) is 0 Å². The third-order valence-corrected chi connectivity index (χ3v) is 4.27. The van der Waals surface area contributed by atoms with Crippen LogP contribution >= 0.6 is 0 Å². The highest BCUT2D eigenvalue weighted by Gasteiger charge is 2.27. The summed E-state index contributed by atoms with van der Waals surface area (Å²) in [5, 5.41) is 6.45. The smallest absolute Gasteiger partial charge is 0.248 e. The molecular weight excluding hydrogens is 254 g/mol. The number of rotatable bonds is 2. The largest absolute Gasteiger partial charge is 0.355 e. The molecule has 5 heteroatoms. The highest BCUT2D eigenvalue weighted by atomic mass is 16.2. The van der Waals surface area contributed by atoms with Crippen LogP contribution in [0.1, 0.15) is 49.4 Å². The number of nitrogens with one attached hydrogen (secondary N) is 3. The zero-order chi connectivity index (χ0) is 13.9. The van der Waals surface area contributed by atoms with Gasteiger partial charge in [-0.3, -0.25) is 14.9 Å². The molecule has 2 heterocycles. The van der Waals surface area contributed by atoms with Crippen LogP contribution in [0.25, 0.3) is 0 Å². The molecule has 20 heavy (non-hydrogen) atoms. The van der Waals surface area contributed by atoms with Gasteiger partial charge in [-0.25, -0.2) is 0 Å². The van der Waals surface area contributed by atoms with Gasteiger partial charge in [-0.2, -0.15) is 0 Å². The van der Waals surface area contributed by atoms with Crippen LogP contribution in [0.15, 0.2) is 16.9 Å². The van der Waals surface area contributed by atoms with Crippen molar-refractivity contribution in [2.24, 2.45) is 0 Å². The molecule has 3 N–H and O–H groups in total. The number of aromatic amines is 1. The highest BCUT2D eigenvalue weighted by molar-refractivity contribution is 5.82. The van der Waals surface area contributed by atoms with Gasteiger partial charge in [0.2, 0.25) is 11.5 Å². The molecule has 1 aromatic heterocycles. The molecule has 3 rings (SSSR count). The van der Waals surface area contributed by atoms with E-state index in [9.17, 15) is 9.59 Å². The molecule has 2 unspecified atom stereocenters. The Morgan fingerprint density at radius 3 is 2.80 bits per heavy atom. The van der Waals surface area contributed by atoms with Gasteiger partial charge in [0.1, 0.15) is 0 Å². The maximum Gasteiger partial charge on any atom is 0.248 e. The Morgan fingerprint density at radius 2 is 1.90 bits per heavy atom. The maximum atomic E-state index is 12.0. The summed E-state index contributed by atoms with van der Waals surface area (Å²) in [5.74, 6) is 0.110. The molecule has 2 aliphatic rings. The van der Waals surface area contributed by atoms with E-state index in [0.29, 0.717) is 0 Å². The van der Waals surface area contributed by atoms with Gasteiger partial charge in [0, 0.05) is 24.3 Å². The lowest BCUT2D eigenvalue weighted by atomic mass is 9.90. The lowest BCUT2D eigenvalue weighted by Crippen LogP contribution is -2.45. The normalized spacial score (nSPS) is 26.5. The summed E-state index contributed by atoms with van der Waals surface area (Å²) in [4.78, 5) is 26.3. The number of fused-ring (bicyclic) bond motifs is 1. The van der Waals surface area contributed by atoms with E-state index in [0.717, 1.165) is 56.3 Å². The van der Waals surface area contributed by atoms with Crippen molar-refractivity contribution >= 4 is 5.91 Å². The molecule has 1 aromatic rings. The first-order valence-electron chi connectivity index (χ1n) is 7.50. The van der Waals surface area contributed by atoms with Crippen LogP contribution in [0.3, 0.4) is 0 Å². The molecule has 0 radical (unpaired) electrons. The molecule has 1 fully saturated rings. The van der Waals surface area contributed by atoms with Crippen molar-refractivity contribution < 1.29 is 4.79 Å².